The molecule has 1 aromatic rings. The van der Waals surface area contributed by atoms with Crippen LogP contribution in [0.25, 0.3) is 0 Å². The number of ether oxygens (including phenoxy) is 1. The second-order valence-electron chi connectivity index (χ2n) is 6.74. The van der Waals surface area contributed by atoms with Gasteiger partial charge in [0.25, 0.3) is 0 Å². The van der Waals surface area contributed by atoms with Crippen LogP contribution in [0, 0.1) is 0 Å². The van der Waals surface area contributed by atoms with E-state index in [0.717, 1.165) is 5.56 Å². The maximum Gasteiger partial charge on any atom is 0.225 e. The van der Waals surface area contributed by atoms with Gasteiger partial charge in [0.05, 0.1) is 19.6 Å². The molecule has 2 rings (SSSR count). The smallest absolute Gasteiger partial charge is 0.225 e. The monoisotopic (exact) mass is 337 g/mol. The summed E-state index contributed by atoms with van der Waals surface area (Å²) in [6.45, 7) is 2.36. The molecule has 0 aromatic carbocycles. The number of hydrogen-bond acceptors (Lipinski definition) is 7. The van der Waals surface area contributed by atoms with E-state index in [2.05, 4.69) is 14.9 Å². The minimum absolute atomic E-state index is 0.0482. The van der Waals surface area contributed by atoms with E-state index in [1.807, 2.05) is 19.0 Å². The Morgan fingerprint density at radius 3 is 2.58 bits per heavy atom. The third-order valence-electron chi connectivity index (χ3n) is 3.92. The normalized spacial score (nSPS) is 22.0. The highest BCUT2D eigenvalue weighted by Gasteiger charge is 2.35. The van der Waals surface area contributed by atoms with Gasteiger partial charge in [-0.3, -0.25) is 9.69 Å². The standard InChI is InChI=1S/C16H27N5O3/c1-19(2)14(22)7-16(23)11-21(5-6-24-12-16)10-13-8-17-15(18-9-13)20(3)4/h8-9,23H,5-7,10-12H2,1-4H3. The summed E-state index contributed by atoms with van der Waals surface area (Å²) in [5.74, 6) is 0.549. The van der Waals surface area contributed by atoms with Crippen LogP contribution >= 0.6 is 0 Å². The molecule has 1 unspecified atom stereocenters. The van der Waals surface area contributed by atoms with Gasteiger partial charge in [0.1, 0.15) is 5.60 Å². The number of amides is 1. The van der Waals surface area contributed by atoms with E-state index in [0.29, 0.717) is 32.2 Å². The van der Waals surface area contributed by atoms with E-state index in [1.54, 1.807) is 26.5 Å². The fourth-order valence-electron chi connectivity index (χ4n) is 2.60. The van der Waals surface area contributed by atoms with Crippen LogP contribution in [-0.4, -0.2) is 90.9 Å². The Balaban J connectivity index is 2.02. The first-order valence-corrected chi connectivity index (χ1v) is 8.00. The molecule has 1 amide bonds. The summed E-state index contributed by atoms with van der Waals surface area (Å²) in [5, 5.41) is 10.8. The zero-order valence-corrected chi connectivity index (χ0v) is 14.9. The highest BCUT2D eigenvalue weighted by atomic mass is 16.5. The molecule has 1 aromatic heterocycles. The molecule has 24 heavy (non-hydrogen) atoms. The zero-order valence-electron chi connectivity index (χ0n) is 14.9. The van der Waals surface area contributed by atoms with E-state index < -0.39 is 5.60 Å². The van der Waals surface area contributed by atoms with Crippen molar-refractivity contribution >= 4 is 11.9 Å². The average Bonchev–Trinajstić information content (AvgIpc) is 2.69. The summed E-state index contributed by atoms with van der Waals surface area (Å²) in [5.41, 5.74) is -0.216. The van der Waals surface area contributed by atoms with Crippen molar-refractivity contribution in [2.75, 3.05) is 59.4 Å². The summed E-state index contributed by atoms with van der Waals surface area (Å²) in [4.78, 5) is 26.0. The lowest BCUT2D eigenvalue weighted by Crippen LogP contribution is -2.47. The van der Waals surface area contributed by atoms with Crippen molar-refractivity contribution in [2.24, 2.45) is 0 Å². The van der Waals surface area contributed by atoms with E-state index in [4.69, 9.17) is 4.74 Å². The third kappa shape index (κ3) is 5.12. The van der Waals surface area contributed by atoms with Crippen molar-refractivity contribution in [1.82, 2.24) is 19.8 Å². The first kappa shape index (κ1) is 18.6. The van der Waals surface area contributed by atoms with Crippen LogP contribution in [0.15, 0.2) is 12.4 Å². The Hall–Kier alpha value is -1.77. The number of β-amino-alcohol motifs (C(OH)–C–C–N with tert-alkyl or cyclic N) is 1. The van der Waals surface area contributed by atoms with Crippen LogP contribution in [0.4, 0.5) is 5.95 Å². The van der Waals surface area contributed by atoms with Crippen LogP contribution in [0.3, 0.4) is 0 Å². The maximum absolute atomic E-state index is 12.0. The fourth-order valence-corrected chi connectivity index (χ4v) is 2.60. The molecule has 1 saturated heterocycles. The lowest BCUT2D eigenvalue weighted by Gasteiger charge is -2.31. The van der Waals surface area contributed by atoms with Gasteiger partial charge >= 0.3 is 0 Å². The average molecular weight is 337 g/mol. The minimum Gasteiger partial charge on any atom is -0.386 e. The van der Waals surface area contributed by atoms with Crippen molar-refractivity contribution in [1.29, 1.82) is 0 Å². The third-order valence-corrected chi connectivity index (χ3v) is 3.92. The van der Waals surface area contributed by atoms with Crippen molar-refractivity contribution in [3.05, 3.63) is 18.0 Å². The Labute approximate surface area is 143 Å². The lowest BCUT2D eigenvalue weighted by molar-refractivity contribution is -0.136. The van der Waals surface area contributed by atoms with Gasteiger partial charge in [-0.05, 0) is 0 Å². The van der Waals surface area contributed by atoms with Gasteiger partial charge in [-0.1, -0.05) is 0 Å². The second kappa shape index (κ2) is 7.87. The van der Waals surface area contributed by atoms with Crippen LogP contribution in [-0.2, 0) is 16.1 Å². The van der Waals surface area contributed by atoms with Gasteiger partial charge in [0.15, 0.2) is 0 Å². The topological polar surface area (TPSA) is 82.0 Å². The summed E-state index contributed by atoms with van der Waals surface area (Å²) in [7, 11) is 7.15. The molecule has 2 heterocycles. The number of anilines is 1. The van der Waals surface area contributed by atoms with Gasteiger partial charge < -0.3 is 19.6 Å². The molecule has 0 saturated carbocycles. The molecular weight excluding hydrogens is 310 g/mol. The number of rotatable bonds is 5. The minimum atomic E-state index is -1.18. The molecule has 1 atom stereocenters. The van der Waals surface area contributed by atoms with E-state index in [1.165, 1.54) is 4.90 Å². The fraction of sp³-hybridized carbons (Fsp3) is 0.688. The van der Waals surface area contributed by atoms with Gasteiger partial charge in [0.2, 0.25) is 11.9 Å². The largest absolute Gasteiger partial charge is 0.386 e. The number of carbonyl (C=O) groups excluding carboxylic acids is 1. The molecule has 8 nitrogen and oxygen atoms in total. The van der Waals surface area contributed by atoms with Crippen molar-refractivity contribution < 1.29 is 14.6 Å². The molecule has 1 aliphatic heterocycles. The maximum atomic E-state index is 12.0. The number of aliphatic hydroxyl groups is 1. The Kier molecular flexibility index (Phi) is 6.09. The molecule has 0 radical (unpaired) electrons. The quantitative estimate of drug-likeness (QED) is 0.782. The lowest BCUT2D eigenvalue weighted by atomic mass is 9.99. The molecule has 0 spiro atoms. The van der Waals surface area contributed by atoms with Gasteiger partial charge in [-0.15, -0.1) is 0 Å². The number of carbonyl (C=O) groups is 1. The number of nitrogens with zero attached hydrogens (tertiary/aromatic N) is 5. The van der Waals surface area contributed by atoms with E-state index in [-0.39, 0.29) is 18.9 Å². The highest BCUT2D eigenvalue weighted by molar-refractivity contribution is 5.76. The van der Waals surface area contributed by atoms with Crippen molar-refractivity contribution in [3.8, 4) is 0 Å². The Bertz CT molecular complexity index is 549. The molecule has 1 fully saturated rings. The van der Waals surface area contributed by atoms with Crippen LogP contribution < -0.4 is 4.90 Å². The van der Waals surface area contributed by atoms with Crippen molar-refractivity contribution in [2.45, 2.75) is 18.6 Å². The van der Waals surface area contributed by atoms with Gasteiger partial charge in [-0.25, -0.2) is 9.97 Å². The molecular formula is C16H27N5O3. The Morgan fingerprint density at radius 1 is 1.33 bits per heavy atom. The summed E-state index contributed by atoms with van der Waals surface area (Å²) in [6, 6.07) is 0. The molecule has 0 bridgehead atoms. The molecule has 8 heteroatoms. The summed E-state index contributed by atoms with van der Waals surface area (Å²) < 4.78 is 5.51. The summed E-state index contributed by atoms with van der Waals surface area (Å²) >= 11 is 0. The van der Waals surface area contributed by atoms with Crippen LogP contribution in [0.1, 0.15) is 12.0 Å². The van der Waals surface area contributed by atoms with E-state index >= 15 is 0 Å². The SMILES string of the molecule is CN(C)C(=O)CC1(O)COCCN(Cc2cnc(N(C)C)nc2)C1. The zero-order chi connectivity index (χ0) is 17.7. The molecule has 0 aliphatic carbocycles. The highest BCUT2D eigenvalue weighted by Crippen LogP contribution is 2.19. The molecule has 1 N–H and O–H groups in total. The molecule has 134 valence electrons. The van der Waals surface area contributed by atoms with Crippen LogP contribution in [0.5, 0.6) is 0 Å². The second-order valence-corrected chi connectivity index (χ2v) is 6.74. The van der Waals surface area contributed by atoms with Crippen molar-refractivity contribution in [3.63, 3.8) is 0 Å². The predicted octanol–water partition coefficient (Wildman–Crippen LogP) is -0.416. The first-order chi connectivity index (χ1) is 11.3. The van der Waals surface area contributed by atoms with Gasteiger partial charge in [-0.2, -0.15) is 0 Å². The van der Waals surface area contributed by atoms with Gasteiger partial charge in [0, 0.05) is 65.8 Å². The number of hydrogen-bond donors (Lipinski definition) is 1. The first-order valence-electron chi connectivity index (χ1n) is 8.00. The molecule has 1 aliphatic rings. The Morgan fingerprint density at radius 2 is 2.00 bits per heavy atom. The van der Waals surface area contributed by atoms with E-state index in [9.17, 15) is 9.90 Å². The predicted molar refractivity (Wildman–Crippen MR) is 90.7 cm³/mol. The number of aromatic nitrogens is 2. The van der Waals surface area contributed by atoms with Crippen LogP contribution in [0.2, 0.25) is 0 Å². The summed E-state index contributed by atoms with van der Waals surface area (Å²) in [6.07, 6.45) is 3.63.